The lowest BCUT2D eigenvalue weighted by Crippen LogP contribution is -2.23. The molecule has 2 nitrogen and oxygen atoms in total. The van der Waals surface area contributed by atoms with E-state index in [4.69, 9.17) is 4.74 Å². The molecule has 12 heavy (non-hydrogen) atoms. The van der Waals surface area contributed by atoms with Gasteiger partial charge in [0.05, 0.1) is 0 Å². The first kappa shape index (κ1) is 11.9. The van der Waals surface area contributed by atoms with E-state index >= 15 is 0 Å². The normalized spacial score (nSPS) is 11.0. The third-order valence-electron chi connectivity index (χ3n) is 2.29. The third kappa shape index (κ3) is 6.62. The van der Waals surface area contributed by atoms with Gasteiger partial charge in [-0.25, -0.2) is 0 Å². The monoisotopic (exact) mass is 173 g/mol. The molecule has 0 saturated carbocycles. The minimum Gasteiger partial charge on any atom is -0.385 e. The highest BCUT2D eigenvalue weighted by molar-refractivity contribution is 4.58. The number of hydrogen-bond acceptors (Lipinski definition) is 2. The van der Waals surface area contributed by atoms with Gasteiger partial charge < -0.3 is 10.1 Å². The van der Waals surface area contributed by atoms with Crippen LogP contribution in [0.3, 0.4) is 0 Å². The smallest absolute Gasteiger partial charge is 0.0474 e. The van der Waals surface area contributed by atoms with Crippen LogP contribution in [-0.2, 0) is 4.74 Å². The summed E-state index contributed by atoms with van der Waals surface area (Å²) in [7, 11) is 1.75. The van der Waals surface area contributed by atoms with E-state index < -0.39 is 0 Å². The summed E-state index contributed by atoms with van der Waals surface area (Å²) in [5.74, 6) is 0.854. The molecule has 74 valence electrons. The van der Waals surface area contributed by atoms with Crippen LogP contribution in [0.15, 0.2) is 0 Å². The van der Waals surface area contributed by atoms with Gasteiger partial charge in [0.15, 0.2) is 0 Å². The Morgan fingerprint density at radius 3 is 2.42 bits per heavy atom. The number of nitrogens with one attached hydrogen (secondary N) is 1. The van der Waals surface area contributed by atoms with Crippen LogP contribution >= 0.6 is 0 Å². The molecule has 0 atom stereocenters. The zero-order valence-corrected chi connectivity index (χ0v) is 8.73. The Morgan fingerprint density at radius 1 is 1.25 bits per heavy atom. The van der Waals surface area contributed by atoms with E-state index in [1.54, 1.807) is 7.11 Å². The quantitative estimate of drug-likeness (QED) is 0.567. The Labute approximate surface area is 76.7 Å². The highest BCUT2D eigenvalue weighted by Crippen LogP contribution is 2.04. The molecule has 0 heterocycles. The summed E-state index contributed by atoms with van der Waals surface area (Å²) in [4.78, 5) is 0. The summed E-state index contributed by atoms with van der Waals surface area (Å²) in [6.07, 6.45) is 3.69. The molecule has 0 rings (SSSR count). The standard InChI is InChI=1S/C10H23NO/c1-4-10(5-2)9-11-7-6-8-12-3/h10-11H,4-9H2,1-3H3. The molecule has 0 spiro atoms. The molecular formula is C10H23NO. The second-order valence-electron chi connectivity index (χ2n) is 3.23. The zero-order chi connectivity index (χ0) is 9.23. The molecule has 0 aromatic rings. The SMILES string of the molecule is CCC(CC)CNCCCOC. The van der Waals surface area contributed by atoms with Gasteiger partial charge in [-0.15, -0.1) is 0 Å². The van der Waals surface area contributed by atoms with Crippen molar-refractivity contribution in [3.63, 3.8) is 0 Å². The van der Waals surface area contributed by atoms with Crippen molar-refractivity contribution in [3.05, 3.63) is 0 Å². The molecule has 0 bridgehead atoms. The molecule has 0 fully saturated rings. The van der Waals surface area contributed by atoms with Gasteiger partial charge in [-0.1, -0.05) is 26.7 Å². The lowest BCUT2D eigenvalue weighted by atomic mass is 10.0. The largest absolute Gasteiger partial charge is 0.385 e. The zero-order valence-electron chi connectivity index (χ0n) is 8.73. The predicted octanol–water partition coefficient (Wildman–Crippen LogP) is 2.05. The van der Waals surface area contributed by atoms with Crippen LogP contribution in [0.4, 0.5) is 0 Å². The van der Waals surface area contributed by atoms with E-state index in [-0.39, 0.29) is 0 Å². The third-order valence-corrected chi connectivity index (χ3v) is 2.29. The van der Waals surface area contributed by atoms with Crippen molar-refractivity contribution in [2.45, 2.75) is 33.1 Å². The minimum atomic E-state index is 0.854. The van der Waals surface area contributed by atoms with Gasteiger partial charge >= 0.3 is 0 Å². The molecule has 0 aliphatic rings. The first-order valence-corrected chi connectivity index (χ1v) is 5.04. The molecule has 0 aromatic carbocycles. The fraction of sp³-hybridized carbons (Fsp3) is 1.00. The average molecular weight is 173 g/mol. The van der Waals surface area contributed by atoms with Crippen molar-refractivity contribution in [1.29, 1.82) is 0 Å². The van der Waals surface area contributed by atoms with Crippen LogP contribution in [0.1, 0.15) is 33.1 Å². The first-order chi connectivity index (χ1) is 5.85. The van der Waals surface area contributed by atoms with Crippen molar-refractivity contribution >= 4 is 0 Å². The van der Waals surface area contributed by atoms with Gasteiger partial charge in [0.25, 0.3) is 0 Å². The van der Waals surface area contributed by atoms with E-state index in [0.717, 1.165) is 32.0 Å². The number of ether oxygens (including phenoxy) is 1. The number of hydrogen-bond donors (Lipinski definition) is 1. The molecule has 2 heteroatoms. The van der Waals surface area contributed by atoms with Crippen molar-refractivity contribution in [2.24, 2.45) is 5.92 Å². The van der Waals surface area contributed by atoms with Gasteiger partial charge in [-0.3, -0.25) is 0 Å². The highest BCUT2D eigenvalue weighted by Gasteiger charge is 2.00. The Kier molecular flexibility index (Phi) is 8.95. The Bertz CT molecular complexity index is 81.9. The van der Waals surface area contributed by atoms with E-state index in [1.807, 2.05) is 0 Å². The maximum absolute atomic E-state index is 4.96. The number of rotatable bonds is 8. The van der Waals surface area contributed by atoms with Crippen LogP contribution in [0, 0.1) is 5.92 Å². The molecule has 0 aliphatic heterocycles. The Morgan fingerprint density at radius 2 is 1.92 bits per heavy atom. The van der Waals surface area contributed by atoms with Gasteiger partial charge in [0.2, 0.25) is 0 Å². The molecule has 1 N–H and O–H groups in total. The first-order valence-electron chi connectivity index (χ1n) is 5.04. The average Bonchev–Trinajstić information content (AvgIpc) is 2.11. The lowest BCUT2D eigenvalue weighted by Gasteiger charge is -2.12. The van der Waals surface area contributed by atoms with Crippen molar-refractivity contribution in [1.82, 2.24) is 5.32 Å². The van der Waals surface area contributed by atoms with Gasteiger partial charge in [-0.2, -0.15) is 0 Å². The molecule has 0 saturated heterocycles. The van der Waals surface area contributed by atoms with Crippen LogP contribution in [0.2, 0.25) is 0 Å². The summed E-state index contributed by atoms with van der Waals surface area (Å²) in [5, 5.41) is 3.44. The Balaban J connectivity index is 3.06. The van der Waals surface area contributed by atoms with Crippen LogP contribution in [0.5, 0.6) is 0 Å². The van der Waals surface area contributed by atoms with Gasteiger partial charge in [0, 0.05) is 13.7 Å². The highest BCUT2D eigenvalue weighted by atomic mass is 16.5. The molecule has 0 amide bonds. The lowest BCUT2D eigenvalue weighted by molar-refractivity contribution is 0.193. The van der Waals surface area contributed by atoms with Crippen LogP contribution in [-0.4, -0.2) is 26.8 Å². The topological polar surface area (TPSA) is 21.3 Å². The van der Waals surface area contributed by atoms with Crippen molar-refractivity contribution in [3.8, 4) is 0 Å². The Hall–Kier alpha value is -0.0800. The second-order valence-corrected chi connectivity index (χ2v) is 3.23. The van der Waals surface area contributed by atoms with E-state index in [2.05, 4.69) is 19.2 Å². The second kappa shape index (κ2) is 9.01. The fourth-order valence-corrected chi connectivity index (χ4v) is 1.23. The summed E-state index contributed by atoms with van der Waals surface area (Å²) in [5.41, 5.74) is 0. The maximum atomic E-state index is 4.96. The fourth-order valence-electron chi connectivity index (χ4n) is 1.23. The van der Waals surface area contributed by atoms with Gasteiger partial charge in [0.1, 0.15) is 0 Å². The summed E-state index contributed by atoms with van der Waals surface area (Å²) in [6.45, 7) is 7.63. The molecule has 0 radical (unpaired) electrons. The van der Waals surface area contributed by atoms with Crippen LogP contribution < -0.4 is 5.32 Å². The maximum Gasteiger partial charge on any atom is 0.0474 e. The van der Waals surface area contributed by atoms with E-state index in [0.29, 0.717) is 0 Å². The number of methoxy groups -OCH3 is 1. The molecule has 0 aromatic heterocycles. The van der Waals surface area contributed by atoms with E-state index in [1.165, 1.54) is 12.8 Å². The van der Waals surface area contributed by atoms with Crippen molar-refractivity contribution < 1.29 is 4.74 Å². The van der Waals surface area contributed by atoms with Crippen LogP contribution in [0.25, 0.3) is 0 Å². The summed E-state index contributed by atoms with van der Waals surface area (Å²) < 4.78 is 4.96. The van der Waals surface area contributed by atoms with Crippen molar-refractivity contribution in [2.75, 3.05) is 26.8 Å². The summed E-state index contributed by atoms with van der Waals surface area (Å²) in [6, 6.07) is 0. The summed E-state index contributed by atoms with van der Waals surface area (Å²) >= 11 is 0. The molecule has 0 aliphatic carbocycles. The predicted molar refractivity (Wildman–Crippen MR) is 53.4 cm³/mol. The minimum absolute atomic E-state index is 0.854. The molecule has 0 unspecified atom stereocenters. The van der Waals surface area contributed by atoms with E-state index in [9.17, 15) is 0 Å². The molecular weight excluding hydrogens is 150 g/mol. The van der Waals surface area contributed by atoms with Gasteiger partial charge in [-0.05, 0) is 25.4 Å².